The molecule has 0 saturated carbocycles. The zero-order valence-electron chi connectivity index (χ0n) is 9.68. The van der Waals surface area contributed by atoms with Crippen molar-refractivity contribution in [1.29, 1.82) is 0 Å². The minimum Gasteiger partial charge on any atom is -0.494 e. The van der Waals surface area contributed by atoms with Crippen LogP contribution >= 0.6 is 11.8 Å². The van der Waals surface area contributed by atoms with Gasteiger partial charge in [-0.3, -0.25) is 4.79 Å². The number of carbonyl (C=O) groups excluding carboxylic acids is 1. The van der Waals surface area contributed by atoms with E-state index < -0.39 is 0 Å². The van der Waals surface area contributed by atoms with Crippen molar-refractivity contribution >= 4 is 17.0 Å². The average Bonchev–Trinajstić information content (AvgIpc) is 2.29. The first-order chi connectivity index (χ1) is 7.70. The van der Waals surface area contributed by atoms with Crippen LogP contribution in [0.1, 0.15) is 6.42 Å². The van der Waals surface area contributed by atoms with Crippen molar-refractivity contribution in [3.63, 3.8) is 0 Å². The van der Waals surface area contributed by atoms with E-state index in [0.717, 1.165) is 17.9 Å². The second kappa shape index (κ2) is 7.17. The average molecular weight is 239 g/mol. The van der Waals surface area contributed by atoms with Crippen LogP contribution < -0.4 is 4.74 Å². The molecule has 0 heterocycles. The number of thioether (sulfide) groups is 1. The van der Waals surface area contributed by atoms with Crippen LogP contribution in [0.2, 0.25) is 0 Å². The minimum absolute atomic E-state index is 0.0970. The van der Waals surface area contributed by atoms with Gasteiger partial charge in [0.25, 0.3) is 5.24 Å². The fourth-order valence-corrected chi connectivity index (χ4v) is 1.75. The van der Waals surface area contributed by atoms with Gasteiger partial charge < -0.3 is 9.64 Å². The lowest BCUT2D eigenvalue weighted by Gasteiger charge is -2.09. The van der Waals surface area contributed by atoms with Crippen LogP contribution in [-0.4, -0.2) is 36.6 Å². The second-order valence-corrected chi connectivity index (χ2v) is 4.57. The molecule has 88 valence electrons. The Labute approximate surface area is 101 Å². The van der Waals surface area contributed by atoms with Crippen molar-refractivity contribution in [2.45, 2.75) is 6.42 Å². The first-order valence-electron chi connectivity index (χ1n) is 5.22. The van der Waals surface area contributed by atoms with E-state index in [1.807, 2.05) is 30.3 Å². The van der Waals surface area contributed by atoms with Gasteiger partial charge in [0.05, 0.1) is 6.61 Å². The van der Waals surface area contributed by atoms with E-state index >= 15 is 0 Å². The maximum atomic E-state index is 11.2. The molecule has 0 radical (unpaired) electrons. The number of hydrogen-bond donors (Lipinski definition) is 0. The molecule has 3 nitrogen and oxygen atoms in total. The zero-order valence-corrected chi connectivity index (χ0v) is 10.5. The Bertz CT molecular complexity index is 314. The predicted octanol–water partition coefficient (Wildman–Crippen LogP) is 2.87. The number of para-hydroxylation sites is 1. The Hall–Kier alpha value is -1.16. The number of ether oxygens (including phenoxy) is 1. The third kappa shape index (κ3) is 5.07. The van der Waals surface area contributed by atoms with Gasteiger partial charge in [0.1, 0.15) is 5.75 Å². The van der Waals surface area contributed by atoms with Gasteiger partial charge in [0, 0.05) is 19.8 Å². The summed E-state index contributed by atoms with van der Waals surface area (Å²) in [6.45, 7) is 0.651. The first-order valence-corrected chi connectivity index (χ1v) is 6.20. The molecule has 0 unspecified atom stereocenters. The Kier molecular flexibility index (Phi) is 5.78. The largest absolute Gasteiger partial charge is 0.494 e. The van der Waals surface area contributed by atoms with Gasteiger partial charge in [-0.25, -0.2) is 0 Å². The number of amides is 1. The summed E-state index contributed by atoms with van der Waals surface area (Å²) in [7, 11) is 3.52. The predicted molar refractivity (Wildman–Crippen MR) is 68.1 cm³/mol. The highest BCUT2D eigenvalue weighted by atomic mass is 32.2. The fraction of sp³-hybridized carbons (Fsp3) is 0.417. The third-order valence-corrected chi connectivity index (χ3v) is 3.00. The van der Waals surface area contributed by atoms with E-state index in [9.17, 15) is 4.79 Å². The molecular weight excluding hydrogens is 222 g/mol. The minimum atomic E-state index is 0.0970. The quantitative estimate of drug-likeness (QED) is 0.740. The van der Waals surface area contributed by atoms with Gasteiger partial charge in [0.15, 0.2) is 0 Å². The zero-order chi connectivity index (χ0) is 11.8. The molecule has 1 aromatic carbocycles. The highest BCUT2D eigenvalue weighted by molar-refractivity contribution is 8.13. The lowest BCUT2D eigenvalue weighted by Crippen LogP contribution is -2.17. The summed E-state index contributed by atoms with van der Waals surface area (Å²) in [6.07, 6.45) is 0.874. The summed E-state index contributed by atoms with van der Waals surface area (Å²) in [5.41, 5.74) is 0. The van der Waals surface area contributed by atoms with Crippen LogP contribution in [0.5, 0.6) is 5.75 Å². The number of carbonyl (C=O) groups is 1. The summed E-state index contributed by atoms with van der Waals surface area (Å²) in [5.74, 6) is 1.68. The SMILES string of the molecule is CN(C)C(=O)SCCCOc1ccccc1. The molecule has 0 spiro atoms. The standard InChI is InChI=1S/C12H17NO2S/c1-13(2)12(14)16-10-6-9-15-11-7-4-3-5-8-11/h3-5,7-8H,6,9-10H2,1-2H3. The summed E-state index contributed by atoms with van der Waals surface area (Å²) in [4.78, 5) is 12.8. The van der Waals surface area contributed by atoms with E-state index in [1.54, 1.807) is 19.0 Å². The molecule has 1 amide bonds. The smallest absolute Gasteiger partial charge is 0.281 e. The van der Waals surface area contributed by atoms with E-state index in [-0.39, 0.29) is 5.24 Å². The molecule has 0 N–H and O–H groups in total. The van der Waals surface area contributed by atoms with Crippen LogP contribution in [0.4, 0.5) is 4.79 Å². The first kappa shape index (κ1) is 12.9. The third-order valence-electron chi connectivity index (χ3n) is 1.89. The Morgan fingerprint density at radius 1 is 1.31 bits per heavy atom. The Balaban J connectivity index is 2.07. The van der Waals surface area contributed by atoms with Crippen LogP contribution in [0, 0.1) is 0 Å². The van der Waals surface area contributed by atoms with Crippen molar-refractivity contribution in [3.8, 4) is 5.75 Å². The van der Waals surface area contributed by atoms with Gasteiger partial charge in [-0.05, 0) is 18.6 Å². The lowest BCUT2D eigenvalue weighted by atomic mass is 10.3. The normalized spacial score (nSPS) is 9.88. The molecule has 0 fully saturated rings. The van der Waals surface area contributed by atoms with Gasteiger partial charge >= 0.3 is 0 Å². The van der Waals surface area contributed by atoms with Crippen LogP contribution in [0.3, 0.4) is 0 Å². The van der Waals surface area contributed by atoms with Crippen LogP contribution in [0.15, 0.2) is 30.3 Å². The molecule has 0 saturated heterocycles. The highest BCUT2D eigenvalue weighted by Crippen LogP contribution is 2.11. The molecular formula is C12H17NO2S. The molecule has 16 heavy (non-hydrogen) atoms. The number of rotatable bonds is 5. The van der Waals surface area contributed by atoms with E-state index in [2.05, 4.69) is 0 Å². The highest BCUT2D eigenvalue weighted by Gasteiger charge is 2.03. The molecule has 1 rings (SSSR count). The number of benzene rings is 1. The molecule has 1 aromatic rings. The van der Waals surface area contributed by atoms with E-state index in [4.69, 9.17) is 4.74 Å². The van der Waals surface area contributed by atoms with Gasteiger partial charge in [0.2, 0.25) is 0 Å². The van der Waals surface area contributed by atoms with Gasteiger partial charge in [-0.15, -0.1) is 0 Å². The van der Waals surface area contributed by atoms with Crippen LogP contribution in [-0.2, 0) is 0 Å². The summed E-state index contributed by atoms with van der Waals surface area (Å²) in [6, 6.07) is 9.70. The molecule has 0 aliphatic heterocycles. The van der Waals surface area contributed by atoms with Gasteiger partial charge in [-0.1, -0.05) is 30.0 Å². The summed E-state index contributed by atoms with van der Waals surface area (Å²) in [5, 5.41) is 0.0970. The van der Waals surface area contributed by atoms with Crippen molar-refractivity contribution in [3.05, 3.63) is 30.3 Å². The fourth-order valence-electron chi connectivity index (χ4n) is 1.05. The number of nitrogens with zero attached hydrogens (tertiary/aromatic N) is 1. The molecule has 0 atom stereocenters. The molecule has 0 aliphatic rings. The summed E-state index contributed by atoms with van der Waals surface area (Å²) < 4.78 is 5.51. The van der Waals surface area contributed by atoms with E-state index in [0.29, 0.717) is 6.61 Å². The second-order valence-electron chi connectivity index (χ2n) is 3.52. The molecule has 4 heteroatoms. The number of hydrogen-bond acceptors (Lipinski definition) is 3. The van der Waals surface area contributed by atoms with Gasteiger partial charge in [-0.2, -0.15) is 0 Å². The topological polar surface area (TPSA) is 29.5 Å². The maximum Gasteiger partial charge on any atom is 0.281 e. The van der Waals surface area contributed by atoms with Crippen LogP contribution in [0.25, 0.3) is 0 Å². The Morgan fingerprint density at radius 2 is 2.00 bits per heavy atom. The molecule has 0 aliphatic carbocycles. The molecule has 0 bridgehead atoms. The monoisotopic (exact) mass is 239 g/mol. The van der Waals surface area contributed by atoms with Crippen molar-refractivity contribution < 1.29 is 9.53 Å². The molecule has 0 aromatic heterocycles. The Morgan fingerprint density at radius 3 is 2.62 bits per heavy atom. The van der Waals surface area contributed by atoms with Crippen molar-refractivity contribution in [2.24, 2.45) is 0 Å². The summed E-state index contributed by atoms with van der Waals surface area (Å²) >= 11 is 1.33. The van der Waals surface area contributed by atoms with E-state index in [1.165, 1.54) is 11.8 Å². The maximum absolute atomic E-state index is 11.2. The lowest BCUT2D eigenvalue weighted by molar-refractivity contribution is 0.241. The van der Waals surface area contributed by atoms with Crippen molar-refractivity contribution in [2.75, 3.05) is 26.5 Å². The van der Waals surface area contributed by atoms with Crippen molar-refractivity contribution in [1.82, 2.24) is 4.90 Å².